The molecular weight excluding hydrogens is 472 g/mol. The van der Waals surface area contributed by atoms with Gasteiger partial charge in [0.15, 0.2) is 0 Å². The van der Waals surface area contributed by atoms with Gasteiger partial charge in [-0.15, -0.1) is 0 Å². The van der Waals surface area contributed by atoms with Crippen LogP contribution < -0.4 is 18.9 Å². The lowest BCUT2D eigenvalue weighted by Gasteiger charge is -2.39. The van der Waals surface area contributed by atoms with Crippen LogP contribution in [0.25, 0.3) is 0 Å². The molecule has 0 saturated heterocycles. The summed E-state index contributed by atoms with van der Waals surface area (Å²) >= 11 is 0. The standard InChI is InChI=1S/C26H32O10/c1-16-13-14-26(2,36-35-25(28)23-19(31-5)11-8-12-20(23)32-6)21(15-16)33-34-24(27)22-17(29-3)9-7-10-18(22)30-4/h7-12,16,21H,13-15H2,1-6H3. The topological polar surface area (TPSA) is 108 Å². The van der Waals surface area contributed by atoms with E-state index < -0.39 is 23.6 Å². The smallest absolute Gasteiger partial charge is 0.380 e. The maximum atomic E-state index is 12.9. The van der Waals surface area contributed by atoms with Crippen LogP contribution >= 0.6 is 0 Å². The second-order valence-electron chi connectivity index (χ2n) is 8.68. The fraction of sp³-hybridized carbons (Fsp3) is 0.462. The lowest BCUT2D eigenvalue weighted by Crippen LogP contribution is -2.48. The molecule has 3 rings (SSSR count). The first kappa shape index (κ1) is 27.1. The summed E-state index contributed by atoms with van der Waals surface area (Å²) in [6.07, 6.45) is 1.06. The van der Waals surface area contributed by atoms with E-state index in [1.807, 2.05) is 6.92 Å². The molecule has 0 bridgehead atoms. The van der Waals surface area contributed by atoms with Gasteiger partial charge in [-0.3, -0.25) is 9.78 Å². The minimum atomic E-state index is -1.09. The van der Waals surface area contributed by atoms with Gasteiger partial charge in [0, 0.05) is 0 Å². The minimum absolute atomic E-state index is 0.0856. The quantitative estimate of drug-likeness (QED) is 0.338. The predicted octanol–water partition coefficient (Wildman–Crippen LogP) is 4.55. The van der Waals surface area contributed by atoms with Gasteiger partial charge in [0.1, 0.15) is 45.8 Å². The van der Waals surface area contributed by atoms with Crippen molar-refractivity contribution in [2.45, 2.75) is 44.8 Å². The van der Waals surface area contributed by atoms with E-state index in [4.69, 9.17) is 38.5 Å². The zero-order chi connectivity index (χ0) is 26.3. The SMILES string of the molecule is COc1cccc(OC)c1C(=O)OOC1CC(C)CCC1(C)OOC(=O)c1c(OC)cccc1OC. The number of carbonyl (C=O) groups excluding carboxylic acids is 2. The van der Waals surface area contributed by atoms with Crippen LogP contribution in [0.15, 0.2) is 36.4 Å². The molecule has 1 saturated carbocycles. The molecule has 0 aromatic heterocycles. The molecule has 0 spiro atoms. The molecule has 3 unspecified atom stereocenters. The van der Waals surface area contributed by atoms with E-state index in [1.165, 1.54) is 28.4 Å². The molecule has 10 nitrogen and oxygen atoms in total. The fourth-order valence-electron chi connectivity index (χ4n) is 4.09. The molecule has 0 heterocycles. The van der Waals surface area contributed by atoms with Gasteiger partial charge in [0.25, 0.3) is 0 Å². The number of methoxy groups -OCH3 is 4. The summed E-state index contributed by atoms with van der Waals surface area (Å²) in [5, 5.41) is 0. The molecule has 1 fully saturated rings. The second kappa shape index (κ2) is 12.0. The van der Waals surface area contributed by atoms with Crippen LogP contribution in [0.2, 0.25) is 0 Å². The van der Waals surface area contributed by atoms with Gasteiger partial charge in [-0.2, -0.15) is 9.78 Å². The summed E-state index contributed by atoms with van der Waals surface area (Å²) in [6.45, 7) is 3.78. The Hall–Kier alpha value is -3.50. The number of carbonyl (C=O) groups is 2. The van der Waals surface area contributed by atoms with Gasteiger partial charge in [0.2, 0.25) is 0 Å². The molecule has 0 aliphatic heterocycles. The highest BCUT2D eigenvalue weighted by atomic mass is 17.2. The van der Waals surface area contributed by atoms with Crippen molar-refractivity contribution in [1.29, 1.82) is 0 Å². The van der Waals surface area contributed by atoms with Crippen LogP contribution in [0, 0.1) is 5.92 Å². The van der Waals surface area contributed by atoms with Crippen LogP contribution in [0.4, 0.5) is 0 Å². The Kier molecular flexibility index (Phi) is 9.00. The molecule has 2 aromatic carbocycles. The minimum Gasteiger partial charge on any atom is -0.496 e. The Bertz CT molecular complexity index is 1020. The molecule has 0 N–H and O–H groups in total. The van der Waals surface area contributed by atoms with E-state index in [2.05, 4.69) is 0 Å². The van der Waals surface area contributed by atoms with E-state index in [9.17, 15) is 9.59 Å². The van der Waals surface area contributed by atoms with E-state index in [0.717, 1.165) is 6.42 Å². The molecule has 2 aromatic rings. The summed E-state index contributed by atoms with van der Waals surface area (Å²) in [7, 11) is 5.74. The highest BCUT2D eigenvalue weighted by Crippen LogP contribution is 2.38. The van der Waals surface area contributed by atoms with Crippen molar-refractivity contribution in [3.63, 3.8) is 0 Å². The van der Waals surface area contributed by atoms with Gasteiger partial charge in [-0.1, -0.05) is 19.1 Å². The lowest BCUT2D eigenvalue weighted by molar-refractivity contribution is -0.388. The van der Waals surface area contributed by atoms with E-state index in [0.29, 0.717) is 12.8 Å². The number of ether oxygens (including phenoxy) is 4. The maximum Gasteiger partial charge on any atom is 0.380 e. The van der Waals surface area contributed by atoms with Crippen molar-refractivity contribution in [2.75, 3.05) is 28.4 Å². The predicted molar refractivity (Wildman–Crippen MR) is 127 cm³/mol. The number of benzene rings is 2. The van der Waals surface area contributed by atoms with Crippen LogP contribution in [0.1, 0.15) is 53.8 Å². The Labute approximate surface area is 210 Å². The van der Waals surface area contributed by atoms with Crippen LogP contribution in [0.5, 0.6) is 23.0 Å². The third-order valence-electron chi connectivity index (χ3n) is 6.24. The third kappa shape index (κ3) is 5.83. The van der Waals surface area contributed by atoms with Crippen molar-refractivity contribution in [1.82, 2.24) is 0 Å². The van der Waals surface area contributed by atoms with Crippen molar-refractivity contribution in [3.05, 3.63) is 47.5 Å². The lowest BCUT2D eigenvalue weighted by atomic mass is 9.78. The second-order valence-corrected chi connectivity index (χ2v) is 8.68. The Balaban J connectivity index is 1.74. The van der Waals surface area contributed by atoms with Crippen LogP contribution in [0.3, 0.4) is 0 Å². The molecule has 36 heavy (non-hydrogen) atoms. The van der Waals surface area contributed by atoms with E-state index >= 15 is 0 Å². The van der Waals surface area contributed by atoms with Crippen LogP contribution in [-0.2, 0) is 19.6 Å². The first-order valence-corrected chi connectivity index (χ1v) is 11.5. The van der Waals surface area contributed by atoms with Gasteiger partial charge >= 0.3 is 11.9 Å². The number of hydrogen-bond acceptors (Lipinski definition) is 10. The average Bonchev–Trinajstić information content (AvgIpc) is 2.90. The van der Waals surface area contributed by atoms with Gasteiger partial charge in [-0.25, -0.2) is 9.59 Å². The van der Waals surface area contributed by atoms with Crippen LogP contribution in [-0.4, -0.2) is 52.1 Å². The first-order chi connectivity index (χ1) is 17.3. The highest BCUT2D eigenvalue weighted by Gasteiger charge is 2.45. The number of rotatable bonds is 10. The summed E-state index contributed by atoms with van der Waals surface area (Å²) in [6, 6.07) is 9.82. The van der Waals surface area contributed by atoms with Crippen molar-refractivity contribution in [2.24, 2.45) is 5.92 Å². The molecular formula is C26H32O10. The highest BCUT2D eigenvalue weighted by molar-refractivity contribution is 5.96. The van der Waals surface area contributed by atoms with Gasteiger partial charge in [-0.05, 0) is 56.4 Å². The fourth-order valence-corrected chi connectivity index (χ4v) is 4.09. The number of hydrogen-bond donors (Lipinski definition) is 0. The van der Waals surface area contributed by atoms with Gasteiger partial charge in [0.05, 0.1) is 28.4 Å². The molecule has 10 heteroatoms. The molecule has 1 aliphatic rings. The van der Waals surface area contributed by atoms with Crippen molar-refractivity contribution >= 4 is 11.9 Å². The average molecular weight is 505 g/mol. The Morgan fingerprint density at radius 2 is 1.22 bits per heavy atom. The van der Waals surface area contributed by atoms with E-state index in [1.54, 1.807) is 43.3 Å². The normalized spacial score (nSPS) is 21.3. The molecule has 0 radical (unpaired) electrons. The molecule has 0 amide bonds. The van der Waals surface area contributed by atoms with Crippen molar-refractivity contribution in [3.8, 4) is 23.0 Å². The van der Waals surface area contributed by atoms with E-state index in [-0.39, 0.29) is 40.0 Å². The summed E-state index contributed by atoms with van der Waals surface area (Å²) in [4.78, 5) is 47.4. The molecule has 3 atom stereocenters. The zero-order valence-corrected chi connectivity index (χ0v) is 21.3. The third-order valence-corrected chi connectivity index (χ3v) is 6.24. The summed E-state index contributed by atoms with van der Waals surface area (Å²) in [5.41, 5.74) is -0.922. The van der Waals surface area contributed by atoms with Gasteiger partial charge < -0.3 is 18.9 Å². The zero-order valence-electron chi connectivity index (χ0n) is 21.3. The first-order valence-electron chi connectivity index (χ1n) is 11.5. The Morgan fingerprint density at radius 1 is 0.778 bits per heavy atom. The molecule has 1 aliphatic carbocycles. The monoisotopic (exact) mass is 504 g/mol. The maximum absolute atomic E-state index is 12.9. The summed E-state index contributed by atoms with van der Waals surface area (Å²) in [5.74, 6) is -0.219. The largest absolute Gasteiger partial charge is 0.496 e. The Morgan fingerprint density at radius 3 is 1.67 bits per heavy atom. The molecule has 196 valence electrons. The van der Waals surface area contributed by atoms with Crippen molar-refractivity contribution < 1.29 is 48.1 Å². The summed E-state index contributed by atoms with van der Waals surface area (Å²) < 4.78 is 21.1.